The largest absolute Gasteiger partial charge is 0.497 e. The molecule has 7 aromatic rings. The molecule has 3 heterocycles. The number of hydrogen-bond donors (Lipinski definition) is 1. The second-order valence-electron chi connectivity index (χ2n) is 18.1. The monoisotopic (exact) mass is 1040 g/mol. The summed E-state index contributed by atoms with van der Waals surface area (Å²) in [6, 6.07) is 40.0. The van der Waals surface area contributed by atoms with Crippen molar-refractivity contribution in [1.29, 1.82) is 0 Å². The second kappa shape index (κ2) is 24.8. The van der Waals surface area contributed by atoms with Crippen molar-refractivity contribution in [2.75, 3.05) is 39.4 Å². The van der Waals surface area contributed by atoms with Gasteiger partial charge in [0.15, 0.2) is 23.2 Å². The third-order valence-corrected chi connectivity index (χ3v) is 14.8. The molecule has 1 N–H and O–H groups in total. The molecule has 0 saturated carbocycles. The summed E-state index contributed by atoms with van der Waals surface area (Å²) in [5.74, 6) is 0.767. The van der Waals surface area contributed by atoms with Crippen LogP contribution in [0.3, 0.4) is 0 Å². The van der Waals surface area contributed by atoms with Crippen LogP contribution in [0, 0.1) is 20.2 Å². The summed E-state index contributed by atoms with van der Waals surface area (Å²) in [6.07, 6.45) is -0.632. The molecule has 21 heteroatoms. The number of amides is 1. The van der Waals surface area contributed by atoms with Crippen molar-refractivity contribution < 1.29 is 47.4 Å². The molecule has 0 radical (unpaired) electrons. The zero-order valence-corrected chi connectivity index (χ0v) is 43.2. The van der Waals surface area contributed by atoms with E-state index in [1.165, 1.54) is 36.9 Å². The summed E-state index contributed by atoms with van der Waals surface area (Å²) in [4.78, 5) is 48.3. The van der Waals surface area contributed by atoms with Gasteiger partial charge in [0.05, 0.1) is 43.1 Å². The van der Waals surface area contributed by atoms with Gasteiger partial charge in [-0.25, -0.2) is 24.4 Å². The van der Waals surface area contributed by atoms with Gasteiger partial charge in [-0.05, 0) is 74.1 Å². The molecule has 5 aromatic carbocycles. The maximum Gasteiger partial charge on any atom is 0.412 e. The number of anilines is 1. The molecule has 75 heavy (non-hydrogen) atoms. The molecular formula is C54H59N8O12P. The highest BCUT2D eigenvalue weighted by Crippen LogP contribution is 2.51. The highest BCUT2D eigenvalue weighted by molar-refractivity contribution is 7.44. The first kappa shape index (κ1) is 54.0. The number of benzene rings is 5. The summed E-state index contributed by atoms with van der Waals surface area (Å²) in [7, 11) is 1.34. The fourth-order valence-electron chi connectivity index (χ4n) is 9.14. The molecule has 0 aliphatic carbocycles. The number of aromatic nitrogens is 4. The van der Waals surface area contributed by atoms with E-state index in [9.17, 15) is 25.0 Å². The molecule has 2 aromatic heterocycles. The molecule has 5 atom stereocenters. The lowest BCUT2D eigenvalue weighted by Crippen LogP contribution is -2.42. The number of nitrogens with zero attached hydrogens (tertiary/aromatic N) is 7. The van der Waals surface area contributed by atoms with Crippen LogP contribution in [-0.2, 0) is 46.4 Å². The van der Waals surface area contributed by atoms with E-state index in [4.69, 9.17) is 32.7 Å². The van der Waals surface area contributed by atoms with Crippen LogP contribution < -0.4 is 10.1 Å². The molecule has 1 amide bonds. The van der Waals surface area contributed by atoms with Crippen molar-refractivity contribution >= 4 is 43.0 Å². The van der Waals surface area contributed by atoms with Crippen molar-refractivity contribution in [2.45, 2.75) is 82.8 Å². The third kappa shape index (κ3) is 12.5. The number of ether oxygens (including phenoxy) is 5. The average molecular weight is 1040 g/mol. The first-order valence-corrected chi connectivity index (χ1v) is 25.5. The van der Waals surface area contributed by atoms with Gasteiger partial charge < -0.3 is 32.7 Å². The minimum absolute atomic E-state index is 0.00198. The molecule has 1 unspecified atom stereocenters. The summed E-state index contributed by atoms with van der Waals surface area (Å²) in [5.41, 5.74) is 3.51. The Bertz CT molecular complexity index is 2940. The van der Waals surface area contributed by atoms with Gasteiger partial charge in [-0.3, -0.25) is 30.1 Å². The normalized spacial score (nSPS) is 17.1. The number of carbonyl (C=O) groups is 1. The van der Waals surface area contributed by atoms with Gasteiger partial charge in [-0.1, -0.05) is 97.1 Å². The first-order chi connectivity index (χ1) is 36.3. The highest BCUT2D eigenvalue weighted by Gasteiger charge is 2.51. The quantitative estimate of drug-likeness (QED) is 0.0257. The first-order valence-electron chi connectivity index (χ1n) is 24.3. The number of nitro benzene ring substituents is 2. The van der Waals surface area contributed by atoms with Crippen LogP contribution in [0.15, 0.2) is 146 Å². The fourth-order valence-corrected chi connectivity index (χ4v) is 10.9. The number of nitrogens with one attached hydrogen (secondary N) is 1. The number of carbonyl (C=O) groups excluding carboxylic acids is 1. The number of nitro groups is 2. The topological polar surface area (TPSA) is 227 Å². The van der Waals surface area contributed by atoms with E-state index in [1.54, 1.807) is 43.1 Å². The van der Waals surface area contributed by atoms with E-state index < -0.39 is 54.6 Å². The van der Waals surface area contributed by atoms with Crippen molar-refractivity contribution in [3.05, 3.63) is 194 Å². The van der Waals surface area contributed by atoms with Crippen LogP contribution >= 0.6 is 8.53 Å². The van der Waals surface area contributed by atoms with E-state index in [0.717, 1.165) is 27.8 Å². The van der Waals surface area contributed by atoms with Crippen LogP contribution in [0.4, 0.5) is 22.0 Å². The Morgan fingerprint density at radius 1 is 0.747 bits per heavy atom. The SMILES string of the molecule is COc1ccc(C(OC[C@H]2O[C@@H](n3cnc4c(NC(=O)OCCc5ccc([N+](=O)[O-])cc5)ncnc43)[C@H](OC)[C@@H]2OP(OCCc2ccc([N+](=O)[O-])cc2)N(C(C)C)C(C)C)(c2ccccc2)c2ccccc2)cc1. The standard InChI is InChI=1S/C54H59N8O12P/c1-36(2)60(37(3)4)75(72-32-30-39-19-25-44(26-20-39)62(66)67)74-48-46(33-71-54(40-13-9-7-10-14-40,41-15-11-8-12-16-41)42-21-27-45(68-5)28-22-42)73-52(49(48)69-6)59-35-57-47-50(55-34-56-51(47)59)58-53(63)70-31-29-38-17-23-43(24-18-38)61(64)65/h7-28,34-37,46,48-49,52H,29-33H2,1-6H3,(H,55,56,58,63)/t46-,48-,49-,52-,75?/m1/s1. The minimum Gasteiger partial charge on any atom is -0.497 e. The van der Waals surface area contributed by atoms with Gasteiger partial charge in [0.25, 0.3) is 19.9 Å². The van der Waals surface area contributed by atoms with Crippen molar-refractivity contribution in [2.24, 2.45) is 0 Å². The second-order valence-corrected chi connectivity index (χ2v) is 19.5. The van der Waals surface area contributed by atoms with E-state index >= 15 is 0 Å². The van der Waals surface area contributed by atoms with Gasteiger partial charge in [-0.2, -0.15) is 0 Å². The molecule has 1 fully saturated rings. The summed E-state index contributed by atoms with van der Waals surface area (Å²) >= 11 is 0. The summed E-state index contributed by atoms with van der Waals surface area (Å²) in [5, 5.41) is 25.2. The van der Waals surface area contributed by atoms with E-state index in [1.807, 2.05) is 84.9 Å². The number of fused-ring (bicyclic) bond motifs is 1. The fraction of sp³-hybridized carbons (Fsp3) is 0.333. The predicted molar refractivity (Wildman–Crippen MR) is 280 cm³/mol. The Balaban J connectivity index is 1.13. The Kier molecular flexibility index (Phi) is 17.9. The number of hydrogen-bond acceptors (Lipinski definition) is 16. The van der Waals surface area contributed by atoms with Crippen molar-refractivity contribution in [1.82, 2.24) is 24.2 Å². The Morgan fingerprint density at radius 3 is 1.84 bits per heavy atom. The Morgan fingerprint density at radius 2 is 1.31 bits per heavy atom. The van der Waals surface area contributed by atoms with E-state index in [-0.39, 0.29) is 54.6 Å². The Labute approximate surface area is 435 Å². The molecule has 20 nitrogen and oxygen atoms in total. The van der Waals surface area contributed by atoms with Gasteiger partial charge in [0, 0.05) is 49.9 Å². The smallest absolute Gasteiger partial charge is 0.412 e. The van der Waals surface area contributed by atoms with Gasteiger partial charge in [0.2, 0.25) is 0 Å². The van der Waals surface area contributed by atoms with Crippen LogP contribution in [0.5, 0.6) is 5.75 Å². The van der Waals surface area contributed by atoms with E-state index in [0.29, 0.717) is 24.2 Å². The van der Waals surface area contributed by atoms with Crippen molar-refractivity contribution in [3.63, 3.8) is 0 Å². The number of imidazole rings is 1. The lowest BCUT2D eigenvalue weighted by molar-refractivity contribution is -0.385. The van der Waals surface area contributed by atoms with Crippen molar-refractivity contribution in [3.8, 4) is 5.75 Å². The summed E-state index contributed by atoms with van der Waals surface area (Å²) < 4.78 is 49.9. The predicted octanol–water partition coefficient (Wildman–Crippen LogP) is 10.4. The molecule has 1 saturated heterocycles. The molecule has 0 bridgehead atoms. The number of rotatable bonds is 24. The van der Waals surface area contributed by atoms with Crippen LogP contribution in [-0.4, -0.2) is 105 Å². The van der Waals surface area contributed by atoms with Gasteiger partial charge >= 0.3 is 6.09 Å². The van der Waals surface area contributed by atoms with Gasteiger partial charge in [0.1, 0.15) is 36.0 Å². The van der Waals surface area contributed by atoms with Gasteiger partial charge in [-0.15, -0.1) is 0 Å². The lowest BCUT2D eigenvalue weighted by atomic mass is 9.80. The molecule has 1 aliphatic rings. The average Bonchev–Trinajstić information content (AvgIpc) is 4.01. The maximum absolute atomic E-state index is 13.1. The van der Waals surface area contributed by atoms with Crippen LogP contribution in [0.2, 0.25) is 0 Å². The zero-order chi connectivity index (χ0) is 53.1. The lowest BCUT2D eigenvalue weighted by Gasteiger charge is -2.39. The highest BCUT2D eigenvalue weighted by atomic mass is 31.2. The number of non-ortho nitro benzene ring substituents is 2. The number of methoxy groups -OCH3 is 2. The van der Waals surface area contributed by atoms with Crippen LogP contribution in [0.25, 0.3) is 11.2 Å². The maximum atomic E-state index is 13.1. The minimum atomic E-state index is -1.86. The molecule has 1 aliphatic heterocycles. The van der Waals surface area contributed by atoms with Crippen LogP contribution in [0.1, 0.15) is 61.7 Å². The zero-order valence-electron chi connectivity index (χ0n) is 42.3. The molecular weight excluding hydrogens is 984 g/mol. The molecule has 8 rings (SSSR count). The Hall–Kier alpha value is -7.29. The molecule has 0 spiro atoms. The van der Waals surface area contributed by atoms with E-state index in [2.05, 4.69) is 52.6 Å². The molecule has 392 valence electrons. The third-order valence-electron chi connectivity index (χ3n) is 12.7. The summed E-state index contributed by atoms with van der Waals surface area (Å²) in [6.45, 7) is 8.47.